The highest BCUT2D eigenvalue weighted by Crippen LogP contribution is 2.15. The Labute approximate surface area is 133 Å². The molecule has 2 unspecified atom stereocenters. The molecule has 0 aliphatic rings. The second-order valence-electron chi connectivity index (χ2n) is 5.58. The first-order valence-electron chi connectivity index (χ1n) is 7.91. The number of unbranched alkanes of at least 4 members (excludes halogenated alkanes) is 3. The predicted octanol–water partition coefficient (Wildman–Crippen LogP) is 4.03. The van der Waals surface area contributed by atoms with Crippen molar-refractivity contribution in [2.75, 3.05) is 13.2 Å². The fourth-order valence-electron chi connectivity index (χ4n) is 2.10. The van der Waals surface area contributed by atoms with E-state index in [-0.39, 0.29) is 6.61 Å². The zero-order valence-corrected chi connectivity index (χ0v) is 13.9. The second kappa shape index (κ2) is 10.9. The molecular formula is C17H28ClNO2. The van der Waals surface area contributed by atoms with E-state index in [1.165, 1.54) is 25.7 Å². The van der Waals surface area contributed by atoms with Crippen LogP contribution in [0.4, 0.5) is 0 Å². The molecule has 0 bridgehead atoms. The molecule has 1 aromatic carbocycles. The summed E-state index contributed by atoms with van der Waals surface area (Å²) in [5, 5.41) is 13.9. The molecule has 2 N–H and O–H groups in total. The number of rotatable bonds is 11. The summed E-state index contributed by atoms with van der Waals surface area (Å²) in [6.07, 6.45) is 5.78. The average molecular weight is 314 g/mol. The van der Waals surface area contributed by atoms with Crippen molar-refractivity contribution in [3.05, 3.63) is 29.3 Å². The highest BCUT2D eigenvalue weighted by Gasteiger charge is 2.08. The molecule has 0 radical (unpaired) electrons. The summed E-state index contributed by atoms with van der Waals surface area (Å²) >= 11 is 5.81. The molecule has 2 atom stereocenters. The summed E-state index contributed by atoms with van der Waals surface area (Å²) in [6.45, 7) is 5.23. The minimum Gasteiger partial charge on any atom is -0.491 e. The number of halogens is 1. The molecule has 0 spiro atoms. The molecule has 0 heterocycles. The highest BCUT2D eigenvalue weighted by atomic mass is 35.5. The lowest BCUT2D eigenvalue weighted by atomic mass is 10.1. The van der Waals surface area contributed by atoms with Crippen LogP contribution in [0.3, 0.4) is 0 Å². The van der Waals surface area contributed by atoms with Gasteiger partial charge in [0.15, 0.2) is 0 Å². The Balaban J connectivity index is 2.10. The molecule has 0 saturated carbocycles. The topological polar surface area (TPSA) is 41.5 Å². The molecule has 21 heavy (non-hydrogen) atoms. The van der Waals surface area contributed by atoms with Gasteiger partial charge in [-0.15, -0.1) is 0 Å². The maximum atomic E-state index is 9.91. The Morgan fingerprint density at radius 2 is 1.90 bits per heavy atom. The van der Waals surface area contributed by atoms with E-state index in [1.54, 1.807) is 24.3 Å². The van der Waals surface area contributed by atoms with E-state index in [2.05, 4.69) is 19.2 Å². The summed E-state index contributed by atoms with van der Waals surface area (Å²) in [7, 11) is 0. The van der Waals surface area contributed by atoms with Gasteiger partial charge < -0.3 is 15.2 Å². The Kier molecular flexibility index (Phi) is 9.48. The number of aliphatic hydroxyl groups excluding tert-OH is 1. The number of hydrogen-bond donors (Lipinski definition) is 2. The Morgan fingerprint density at radius 1 is 1.19 bits per heavy atom. The van der Waals surface area contributed by atoms with Crippen LogP contribution in [-0.2, 0) is 0 Å². The molecule has 1 rings (SSSR count). The van der Waals surface area contributed by atoms with Crippen molar-refractivity contribution >= 4 is 11.6 Å². The van der Waals surface area contributed by atoms with Gasteiger partial charge in [0.25, 0.3) is 0 Å². The number of hydrogen-bond acceptors (Lipinski definition) is 3. The van der Waals surface area contributed by atoms with Crippen LogP contribution < -0.4 is 10.1 Å². The van der Waals surface area contributed by atoms with Gasteiger partial charge in [0, 0.05) is 17.6 Å². The third-order valence-electron chi connectivity index (χ3n) is 3.45. The zero-order chi connectivity index (χ0) is 15.5. The third kappa shape index (κ3) is 8.97. The summed E-state index contributed by atoms with van der Waals surface area (Å²) < 4.78 is 5.52. The molecule has 0 aromatic heterocycles. The van der Waals surface area contributed by atoms with Gasteiger partial charge in [0.1, 0.15) is 18.5 Å². The van der Waals surface area contributed by atoms with Gasteiger partial charge in [-0.3, -0.25) is 0 Å². The van der Waals surface area contributed by atoms with E-state index >= 15 is 0 Å². The maximum Gasteiger partial charge on any atom is 0.119 e. The van der Waals surface area contributed by atoms with Crippen LogP contribution in [0.25, 0.3) is 0 Å². The van der Waals surface area contributed by atoms with Crippen LogP contribution in [0.1, 0.15) is 46.0 Å². The van der Waals surface area contributed by atoms with Crippen molar-refractivity contribution < 1.29 is 9.84 Å². The minimum atomic E-state index is -0.501. The lowest BCUT2D eigenvalue weighted by Crippen LogP contribution is -2.36. The fourth-order valence-corrected chi connectivity index (χ4v) is 2.22. The molecule has 0 fully saturated rings. The summed E-state index contributed by atoms with van der Waals surface area (Å²) in [5.41, 5.74) is 0. The number of nitrogens with one attached hydrogen (secondary N) is 1. The van der Waals surface area contributed by atoms with E-state index in [1.807, 2.05) is 0 Å². The van der Waals surface area contributed by atoms with Gasteiger partial charge in [-0.2, -0.15) is 0 Å². The van der Waals surface area contributed by atoms with E-state index < -0.39 is 6.10 Å². The summed E-state index contributed by atoms with van der Waals surface area (Å²) in [5.74, 6) is 0.728. The van der Waals surface area contributed by atoms with Crippen molar-refractivity contribution in [3.8, 4) is 5.75 Å². The minimum absolute atomic E-state index is 0.289. The Morgan fingerprint density at radius 3 is 2.57 bits per heavy atom. The molecule has 0 aliphatic heterocycles. The van der Waals surface area contributed by atoms with Crippen molar-refractivity contribution in [2.24, 2.45) is 0 Å². The highest BCUT2D eigenvalue weighted by molar-refractivity contribution is 6.30. The molecule has 0 saturated heterocycles. The first-order chi connectivity index (χ1) is 10.1. The van der Waals surface area contributed by atoms with Crippen LogP contribution in [0.2, 0.25) is 5.02 Å². The predicted molar refractivity (Wildman–Crippen MR) is 89.2 cm³/mol. The quantitative estimate of drug-likeness (QED) is 0.606. The second-order valence-corrected chi connectivity index (χ2v) is 6.01. The van der Waals surface area contributed by atoms with Crippen molar-refractivity contribution in [1.29, 1.82) is 0 Å². The van der Waals surface area contributed by atoms with E-state index in [0.29, 0.717) is 17.6 Å². The normalized spacial score (nSPS) is 13.9. The molecule has 3 nitrogen and oxygen atoms in total. The van der Waals surface area contributed by atoms with Crippen molar-refractivity contribution in [1.82, 2.24) is 5.32 Å². The SMILES string of the molecule is CCCCCCC(C)NCC(O)COc1ccc(Cl)cc1. The van der Waals surface area contributed by atoms with Gasteiger partial charge in [-0.1, -0.05) is 44.2 Å². The van der Waals surface area contributed by atoms with Gasteiger partial charge in [0.05, 0.1) is 0 Å². The van der Waals surface area contributed by atoms with E-state index in [9.17, 15) is 5.11 Å². The van der Waals surface area contributed by atoms with Crippen LogP contribution in [0.5, 0.6) is 5.75 Å². The molecule has 4 heteroatoms. The third-order valence-corrected chi connectivity index (χ3v) is 3.70. The van der Waals surface area contributed by atoms with E-state index in [4.69, 9.17) is 16.3 Å². The Hall–Kier alpha value is -0.770. The molecule has 120 valence electrons. The van der Waals surface area contributed by atoms with Gasteiger partial charge in [0.2, 0.25) is 0 Å². The maximum absolute atomic E-state index is 9.91. The van der Waals surface area contributed by atoms with Gasteiger partial charge >= 0.3 is 0 Å². The zero-order valence-electron chi connectivity index (χ0n) is 13.1. The smallest absolute Gasteiger partial charge is 0.119 e. The standard InChI is InChI=1S/C17H28ClNO2/c1-3-4-5-6-7-14(2)19-12-16(20)13-21-17-10-8-15(18)9-11-17/h8-11,14,16,19-20H,3-7,12-13H2,1-2H3. The van der Waals surface area contributed by atoms with Gasteiger partial charge in [-0.05, 0) is 37.6 Å². The molecule has 0 aliphatic carbocycles. The van der Waals surface area contributed by atoms with Crippen LogP contribution in [0.15, 0.2) is 24.3 Å². The van der Waals surface area contributed by atoms with Crippen LogP contribution >= 0.6 is 11.6 Å². The number of aliphatic hydroxyl groups is 1. The van der Waals surface area contributed by atoms with E-state index in [0.717, 1.165) is 12.2 Å². The lowest BCUT2D eigenvalue weighted by molar-refractivity contribution is 0.104. The summed E-state index contributed by atoms with van der Waals surface area (Å²) in [6, 6.07) is 7.60. The molecule has 0 amide bonds. The van der Waals surface area contributed by atoms with Crippen LogP contribution in [-0.4, -0.2) is 30.4 Å². The fraction of sp³-hybridized carbons (Fsp3) is 0.647. The summed E-state index contributed by atoms with van der Waals surface area (Å²) in [4.78, 5) is 0. The molecular weight excluding hydrogens is 286 g/mol. The molecule has 1 aromatic rings. The average Bonchev–Trinajstić information content (AvgIpc) is 2.49. The first-order valence-corrected chi connectivity index (χ1v) is 8.29. The number of ether oxygens (including phenoxy) is 1. The monoisotopic (exact) mass is 313 g/mol. The lowest BCUT2D eigenvalue weighted by Gasteiger charge is -2.17. The number of benzene rings is 1. The van der Waals surface area contributed by atoms with Crippen LogP contribution in [0, 0.1) is 0 Å². The first kappa shape index (κ1) is 18.3. The van der Waals surface area contributed by atoms with Crippen molar-refractivity contribution in [2.45, 2.75) is 58.1 Å². The van der Waals surface area contributed by atoms with Gasteiger partial charge in [-0.25, -0.2) is 0 Å². The van der Waals surface area contributed by atoms with Crippen molar-refractivity contribution in [3.63, 3.8) is 0 Å². The Bertz CT molecular complexity index is 370. The largest absolute Gasteiger partial charge is 0.491 e.